The minimum atomic E-state index is 0.463. The number of carbonyl (C=O) groups excluding carboxylic acids is 1. The zero-order chi connectivity index (χ0) is 23.4. The first-order valence-corrected chi connectivity index (χ1v) is 13.6. The second kappa shape index (κ2) is 27.4. The molecule has 32 heavy (non-hydrogen) atoms. The van der Waals surface area contributed by atoms with Gasteiger partial charge in [0.05, 0.1) is 0 Å². The van der Waals surface area contributed by atoms with Crippen LogP contribution in [0.2, 0.25) is 0 Å². The molecule has 0 heterocycles. The summed E-state index contributed by atoms with van der Waals surface area (Å²) in [7, 11) is 0. The van der Waals surface area contributed by atoms with Crippen LogP contribution in [0.4, 0.5) is 0 Å². The van der Waals surface area contributed by atoms with E-state index in [1.807, 2.05) is 0 Å². The molecule has 0 saturated carbocycles. The molecule has 0 fully saturated rings. The second-order valence-electron chi connectivity index (χ2n) is 8.71. The van der Waals surface area contributed by atoms with Gasteiger partial charge in [-0.05, 0) is 77.0 Å². The van der Waals surface area contributed by atoms with Gasteiger partial charge >= 0.3 is 0 Å². The van der Waals surface area contributed by atoms with E-state index >= 15 is 0 Å². The molecular weight excluding hydrogens is 388 g/mol. The Hall–Kier alpha value is -1.63. The van der Waals surface area contributed by atoms with Crippen LogP contribution in [0.3, 0.4) is 0 Å². The molecule has 0 amide bonds. The zero-order valence-corrected chi connectivity index (χ0v) is 21.4. The van der Waals surface area contributed by atoms with Crippen LogP contribution in [0.1, 0.15) is 129 Å². The number of rotatable bonds is 23. The third-order valence-corrected chi connectivity index (χ3v) is 5.51. The van der Waals surface area contributed by atoms with E-state index in [1.54, 1.807) is 0 Å². The maximum absolute atomic E-state index is 12.0. The summed E-state index contributed by atoms with van der Waals surface area (Å²) < 4.78 is 0. The lowest BCUT2D eigenvalue weighted by atomic mass is 10.0. The summed E-state index contributed by atoms with van der Waals surface area (Å²) in [6.45, 7) is 4.41. The van der Waals surface area contributed by atoms with Gasteiger partial charge in [-0.15, -0.1) is 0 Å². The van der Waals surface area contributed by atoms with Gasteiger partial charge < -0.3 is 0 Å². The molecule has 0 rings (SSSR count). The van der Waals surface area contributed by atoms with Gasteiger partial charge in [0.2, 0.25) is 0 Å². The van der Waals surface area contributed by atoms with Crippen molar-refractivity contribution in [3.63, 3.8) is 0 Å². The molecule has 0 aliphatic heterocycles. The highest BCUT2D eigenvalue weighted by Gasteiger charge is 2.01. The van der Waals surface area contributed by atoms with Gasteiger partial charge in [-0.2, -0.15) is 0 Å². The molecule has 0 atom stereocenters. The standard InChI is InChI=1S/C31H52O/c1-3-5-7-9-11-13-15-16-17-18-19-20-22-24-26-28-30-31(32)29-27-25-23-21-14-12-10-8-6-4-2/h6,8,11-14,16-17,19-20H,3-5,7,9-10,15,18,21-30H2,1-2H3/b8-6-,13-11-,14-12-,17-16-,20-19-. The number of hydrogen-bond donors (Lipinski definition) is 0. The first kappa shape index (κ1) is 30.4. The number of unbranched alkanes of at least 4 members (excludes halogenated alkanes) is 9. The molecule has 0 bridgehead atoms. The van der Waals surface area contributed by atoms with E-state index < -0.39 is 0 Å². The van der Waals surface area contributed by atoms with Crippen molar-refractivity contribution in [1.82, 2.24) is 0 Å². The van der Waals surface area contributed by atoms with E-state index in [-0.39, 0.29) is 0 Å². The molecule has 0 aliphatic rings. The average Bonchev–Trinajstić information content (AvgIpc) is 2.80. The fourth-order valence-electron chi connectivity index (χ4n) is 3.49. The lowest BCUT2D eigenvalue weighted by molar-refractivity contribution is -0.119. The van der Waals surface area contributed by atoms with Crippen molar-refractivity contribution in [3.05, 3.63) is 60.8 Å². The minimum Gasteiger partial charge on any atom is -0.300 e. The fourth-order valence-corrected chi connectivity index (χ4v) is 3.49. The van der Waals surface area contributed by atoms with E-state index in [0.29, 0.717) is 5.78 Å². The van der Waals surface area contributed by atoms with Gasteiger partial charge in [-0.1, -0.05) is 100 Å². The van der Waals surface area contributed by atoms with Crippen molar-refractivity contribution >= 4 is 5.78 Å². The first-order valence-electron chi connectivity index (χ1n) is 13.6. The first-order chi connectivity index (χ1) is 15.8. The molecule has 0 aromatic rings. The Morgan fingerprint density at radius 1 is 0.469 bits per heavy atom. The molecule has 0 aromatic heterocycles. The van der Waals surface area contributed by atoms with Crippen LogP contribution in [0.5, 0.6) is 0 Å². The topological polar surface area (TPSA) is 17.1 Å². The van der Waals surface area contributed by atoms with Gasteiger partial charge in [0.25, 0.3) is 0 Å². The Balaban J connectivity index is 3.39. The number of ketones is 1. The van der Waals surface area contributed by atoms with Crippen LogP contribution in [-0.2, 0) is 4.79 Å². The summed E-state index contributed by atoms with van der Waals surface area (Å²) in [5, 5.41) is 0. The summed E-state index contributed by atoms with van der Waals surface area (Å²) in [5.74, 6) is 0.463. The van der Waals surface area contributed by atoms with Crippen LogP contribution in [-0.4, -0.2) is 5.78 Å². The molecule has 0 spiro atoms. The van der Waals surface area contributed by atoms with E-state index in [2.05, 4.69) is 74.6 Å². The summed E-state index contributed by atoms with van der Waals surface area (Å²) in [4.78, 5) is 12.0. The van der Waals surface area contributed by atoms with Gasteiger partial charge in [0, 0.05) is 12.8 Å². The molecule has 0 radical (unpaired) electrons. The van der Waals surface area contributed by atoms with E-state index in [4.69, 9.17) is 0 Å². The quantitative estimate of drug-likeness (QED) is 0.114. The largest absolute Gasteiger partial charge is 0.300 e. The molecular formula is C31H52O. The summed E-state index contributed by atoms with van der Waals surface area (Å²) in [6.07, 6.45) is 42.8. The third-order valence-electron chi connectivity index (χ3n) is 5.51. The number of carbonyl (C=O) groups is 1. The molecule has 0 unspecified atom stereocenters. The lowest BCUT2D eigenvalue weighted by Gasteiger charge is -2.01. The van der Waals surface area contributed by atoms with Crippen molar-refractivity contribution in [2.75, 3.05) is 0 Å². The smallest absolute Gasteiger partial charge is 0.132 e. The average molecular weight is 441 g/mol. The van der Waals surface area contributed by atoms with Crippen LogP contribution in [0.15, 0.2) is 60.8 Å². The predicted octanol–water partition coefficient (Wildman–Crippen LogP) is 10.4. The van der Waals surface area contributed by atoms with Gasteiger partial charge in [-0.3, -0.25) is 4.79 Å². The molecule has 0 aromatic carbocycles. The predicted molar refractivity (Wildman–Crippen MR) is 145 cm³/mol. The molecule has 1 nitrogen and oxygen atoms in total. The van der Waals surface area contributed by atoms with Gasteiger partial charge in [0.15, 0.2) is 0 Å². The monoisotopic (exact) mass is 440 g/mol. The molecule has 1 heteroatoms. The number of Topliss-reactive ketones (excluding diaryl/α,β-unsaturated/α-hetero) is 1. The van der Waals surface area contributed by atoms with Crippen LogP contribution in [0.25, 0.3) is 0 Å². The van der Waals surface area contributed by atoms with E-state index in [1.165, 1.54) is 51.4 Å². The maximum Gasteiger partial charge on any atom is 0.132 e. The fraction of sp³-hybridized carbons (Fsp3) is 0.645. The Morgan fingerprint density at radius 2 is 0.875 bits per heavy atom. The van der Waals surface area contributed by atoms with Gasteiger partial charge in [-0.25, -0.2) is 0 Å². The van der Waals surface area contributed by atoms with Crippen LogP contribution < -0.4 is 0 Å². The Morgan fingerprint density at radius 3 is 1.31 bits per heavy atom. The van der Waals surface area contributed by atoms with Crippen LogP contribution in [0, 0.1) is 0 Å². The summed E-state index contributed by atoms with van der Waals surface area (Å²) in [5.41, 5.74) is 0. The van der Waals surface area contributed by atoms with Gasteiger partial charge in [0.1, 0.15) is 5.78 Å². The highest BCUT2D eigenvalue weighted by Crippen LogP contribution is 2.10. The summed E-state index contributed by atoms with van der Waals surface area (Å²) in [6, 6.07) is 0. The van der Waals surface area contributed by atoms with Crippen molar-refractivity contribution < 1.29 is 4.79 Å². The lowest BCUT2D eigenvalue weighted by Crippen LogP contribution is -1.97. The highest BCUT2D eigenvalue weighted by molar-refractivity contribution is 5.78. The molecule has 0 N–H and O–H groups in total. The zero-order valence-electron chi connectivity index (χ0n) is 21.4. The summed E-state index contributed by atoms with van der Waals surface area (Å²) >= 11 is 0. The molecule has 0 aliphatic carbocycles. The van der Waals surface area contributed by atoms with Crippen molar-refractivity contribution in [2.45, 2.75) is 129 Å². The Bertz CT molecular complexity index is 533. The molecule has 182 valence electrons. The van der Waals surface area contributed by atoms with Crippen LogP contribution >= 0.6 is 0 Å². The van der Waals surface area contributed by atoms with Crippen molar-refractivity contribution in [1.29, 1.82) is 0 Å². The Labute approximate surface area is 200 Å². The second-order valence-corrected chi connectivity index (χ2v) is 8.71. The minimum absolute atomic E-state index is 0.463. The Kier molecular flexibility index (Phi) is 26.0. The maximum atomic E-state index is 12.0. The van der Waals surface area contributed by atoms with E-state index in [0.717, 1.165) is 64.2 Å². The van der Waals surface area contributed by atoms with E-state index in [9.17, 15) is 4.79 Å². The normalized spacial score (nSPS) is 12.6. The molecule has 0 saturated heterocycles. The third kappa shape index (κ3) is 26.4. The number of hydrogen-bond acceptors (Lipinski definition) is 1. The number of allylic oxidation sites excluding steroid dienone is 10. The highest BCUT2D eigenvalue weighted by atomic mass is 16.1. The van der Waals surface area contributed by atoms with Crippen molar-refractivity contribution in [3.8, 4) is 0 Å². The van der Waals surface area contributed by atoms with Crippen molar-refractivity contribution in [2.24, 2.45) is 0 Å². The SMILES string of the molecule is CC/C=C\C/C=C\CCCCCC(=O)CCCCC/C=C\C/C=C\C/C=C\CCCCC.